The number of nitrogens with two attached hydrogens (primary N) is 1. The number of nitrogens with one attached hydrogen (secondary N) is 2. The highest BCUT2D eigenvalue weighted by molar-refractivity contribution is 9.09. The number of benzene rings is 1. The molecule has 4 rings (SSSR count). The van der Waals surface area contributed by atoms with Crippen LogP contribution in [0.2, 0.25) is 0 Å². The van der Waals surface area contributed by atoms with Gasteiger partial charge in [0.1, 0.15) is 9.71 Å². The highest BCUT2D eigenvalue weighted by Crippen LogP contribution is 2.40. The van der Waals surface area contributed by atoms with Gasteiger partial charge in [-0.05, 0) is 45.0 Å². The minimum Gasteiger partial charge on any atom is -0.461 e. The summed E-state index contributed by atoms with van der Waals surface area (Å²) in [4.78, 5) is 35.1. The quantitative estimate of drug-likeness (QED) is 0.311. The van der Waals surface area contributed by atoms with Gasteiger partial charge < -0.3 is 20.8 Å². The van der Waals surface area contributed by atoms with E-state index in [1.54, 1.807) is 30.5 Å². The Morgan fingerprint density at radius 2 is 1.97 bits per heavy atom. The van der Waals surface area contributed by atoms with Gasteiger partial charge in [-0.25, -0.2) is 9.97 Å². The van der Waals surface area contributed by atoms with Crippen LogP contribution >= 0.6 is 27.3 Å². The Morgan fingerprint density at radius 3 is 2.64 bits per heavy atom. The molecule has 0 aliphatic heterocycles. The molecule has 0 saturated heterocycles. The molecule has 170 valence electrons. The van der Waals surface area contributed by atoms with Gasteiger partial charge in [-0.1, -0.05) is 28.1 Å². The zero-order valence-electron chi connectivity index (χ0n) is 18.2. The van der Waals surface area contributed by atoms with Crippen molar-refractivity contribution in [3.05, 3.63) is 47.5 Å². The first-order valence-corrected chi connectivity index (χ1v) is 12.0. The van der Waals surface area contributed by atoms with Crippen LogP contribution in [-0.4, -0.2) is 32.7 Å². The van der Waals surface area contributed by atoms with Crippen LogP contribution in [0.15, 0.2) is 47.1 Å². The average molecular weight is 528 g/mol. The van der Waals surface area contributed by atoms with Crippen LogP contribution in [-0.2, 0) is 4.79 Å². The van der Waals surface area contributed by atoms with E-state index >= 15 is 0 Å². The Balaban J connectivity index is 1.91. The Labute approximate surface area is 202 Å². The molecule has 8 nitrogen and oxygen atoms in total. The van der Waals surface area contributed by atoms with Crippen LogP contribution in [0.1, 0.15) is 30.4 Å². The van der Waals surface area contributed by atoms with Gasteiger partial charge in [-0.2, -0.15) is 0 Å². The van der Waals surface area contributed by atoms with Crippen molar-refractivity contribution >= 4 is 60.7 Å². The van der Waals surface area contributed by atoms with Crippen molar-refractivity contribution in [2.45, 2.75) is 26.3 Å². The molecule has 0 atom stereocenters. The number of carbonyl (C=O) groups is 2. The van der Waals surface area contributed by atoms with E-state index in [-0.39, 0.29) is 17.1 Å². The van der Waals surface area contributed by atoms with Crippen molar-refractivity contribution in [2.75, 3.05) is 16.4 Å². The second-order valence-electron chi connectivity index (χ2n) is 8.36. The lowest BCUT2D eigenvalue weighted by Crippen LogP contribution is -2.40. The fourth-order valence-electron chi connectivity index (χ4n) is 3.25. The number of alkyl halides is 1. The zero-order valence-corrected chi connectivity index (χ0v) is 20.6. The fourth-order valence-corrected chi connectivity index (χ4v) is 4.38. The van der Waals surface area contributed by atoms with Crippen molar-refractivity contribution in [3.63, 3.8) is 0 Å². The summed E-state index contributed by atoms with van der Waals surface area (Å²) in [5.74, 6) is 0.426. The van der Waals surface area contributed by atoms with Gasteiger partial charge in [0.25, 0.3) is 5.91 Å². The number of amides is 2. The Bertz CT molecular complexity index is 1340. The Morgan fingerprint density at radius 1 is 1.18 bits per heavy atom. The van der Waals surface area contributed by atoms with Crippen LogP contribution in [0.5, 0.6) is 0 Å². The van der Waals surface area contributed by atoms with Crippen molar-refractivity contribution in [3.8, 4) is 22.8 Å². The molecule has 0 aliphatic rings. The summed E-state index contributed by atoms with van der Waals surface area (Å²) in [6.07, 6.45) is 1.55. The molecule has 10 heteroatoms. The van der Waals surface area contributed by atoms with Crippen LogP contribution in [0, 0.1) is 0 Å². The molecule has 0 bridgehead atoms. The summed E-state index contributed by atoms with van der Waals surface area (Å²) < 4.78 is 5.51. The van der Waals surface area contributed by atoms with Crippen molar-refractivity contribution < 1.29 is 14.0 Å². The third-order valence-electron chi connectivity index (χ3n) is 4.57. The molecule has 4 aromatic rings. The first-order chi connectivity index (χ1) is 15.7. The topological polar surface area (TPSA) is 123 Å². The lowest BCUT2D eigenvalue weighted by Gasteiger charge is -2.20. The summed E-state index contributed by atoms with van der Waals surface area (Å²) in [6, 6.07) is 10.8. The predicted molar refractivity (Wildman–Crippen MR) is 135 cm³/mol. The number of nitrogen functional groups attached to an aromatic ring is 1. The first kappa shape index (κ1) is 22.9. The molecule has 0 radical (unpaired) electrons. The first-order valence-electron chi connectivity index (χ1n) is 10.1. The molecule has 3 aromatic heterocycles. The molecule has 3 heterocycles. The average Bonchev–Trinajstić information content (AvgIpc) is 3.40. The number of thiophene rings is 1. The SMILES string of the molecule is CC(C)(C)NC(=O)c1sc2nc(-c3ccco3)nc(-c3cccc(NC(=O)CBr)c3)c2c1N. The largest absolute Gasteiger partial charge is 0.461 e. The Hall–Kier alpha value is -3.24. The van der Waals surface area contributed by atoms with E-state index in [1.807, 2.05) is 32.9 Å². The van der Waals surface area contributed by atoms with Gasteiger partial charge >= 0.3 is 0 Å². The number of anilines is 2. The van der Waals surface area contributed by atoms with Gasteiger partial charge in [0.2, 0.25) is 5.91 Å². The van der Waals surface area contributed by atoms with Crippen LogP contribution in [0.4, 0.5) is 11.4 Å². The van der Waals surface area contributed by atoms with Crippen molar-refractivity contribution in [1.82, 2.24) is 15.3 Å². The fraction of sp³-hybridized carbons (Fsp3) is 0.217. The number of hydrogen-bond donors (Lipinski definition) is 3. The minimum absolute atomic E-state index is 0.174. The smallest absolute Gasteiger partial charge is 0.263 e. The van der Waals surface area contributed by atoms with Crippen molar-refractivity contribution in [2.24, 2.45) is 0 Å². The Kier molecular flexibility index (Phi) is 6.22. The van der Waals surface area contributed by atoms with Crippen LogP contribution in [0.25, 0.3) is 33.1 Å². The second-order valence-corrected chi connectivity index (χ2v) is 9.92. The summed E-state index contributed by atoms with van der Waals surface area (Å²) in [5.41, 5.74) is 8.25. The summed E-state index contributed by atoms with van der Waals surface area (Å²) in [6.45, 7) is 5.71. The van der Waals surface area contributed by atoms with Gasteiger partial charge in [0.05, 0.1) is 28.4 Å². The molecule has 0 spiro atoms. The summed E-state index contributed by atoms with van der Waals surface area (Å²) >= 11 is 4.36. The molecule has 0 aliphatic carbocycles. The second kappa shape index (κ2) is 8.95. The number of carbonyl (C=O) groups excluding carboxylic acids is 2. The van der Waals surface area contributed by atoms with Crippen LogP contribution in [0.3, 0.4) is 0 Å². The standard InChI is InChI=1S/C23H22BrN5O3S/c1-23(2,3)29-21(31)19-17(25)16-18(12-6-4-7-13(10-12)26-15(30)11-24)27-20(28-22(16)33-19)14-8-5-9-32-14/h4-10H,11,25H2,1-3H3,(H,26,30)(H,29,31). The maximum Gasteiger partial charge on any atom is 0.263 e. The van der Waals surface area contributed by atoms with E-state index in [0.29, 0.717) is 43.7 Å². The predicted octanol–water partition coefficient (Wildman–Crippen LogP) is 5.06. The number of aromatic nitrogens is 2. The van der Waals surface area contributed by atoms with Gasteiger partial charge in [-0.3, -0.25) is 9.59 Å². The maximum absolute atomic E-state index is 12.9. The molecule has 2 amide bonds. The molecule has 0 fully saturated rings. The van der Waals surface area contributed by atoms with Crippen LogP contribution < -0.4 is 16.4 Å². The third-order valence-corrected chi connectivity index (χ3v) is 6.17. The van der Waals surface area contributed by atoms with Gasteiger partial charge in [-0.15, -0.1) is 11.3 Å². The van der Waals surface area contributed by atoms with Gasteiger partial charge in [0, 0.05) is 16.8 Å². The molecule has 0 unspecified atom stereocenters. The van der Waals surface area contributed by atoms with E-state index in [2.05, 4.69) is 31.5 Å². The third kappa shape index (κ3) is 4.91. The molecule has 4 N–H and O–H groups in total. The molecular weight excluding hydrogens is 506 g/mol. The number of furan rings is 1. The normalized spacial score (nSPS) is 11.5. The van der Waals surface area contributed by atoms with E-state index in [1.165, 1.54) is 11.3 Å². The monoisotopic (exact) mass is 527 g/mol. The minimum atomic E-state index is -0.421. The number of hydrogen-bond acceptors (Lipinski definition) is 7. The number of rotatable bonds is 5. The molecular formula is C23H22BrN5O3S. The molecule has 33 heavy (non-hydrogen) atoms. The van der Waals surface area contributed by atoms with E-state index in [4.69, 9.17) is 15.1 Å². The van der Waals surface area contributed by atoms with Gasteiger partial charge in [0.15, 0.2) is 11.6 Å². The highest BCUT2D eigenvalue weighted by Gasteiger charge is 2.25. The number of nitrogens with zero attached hydrogens (tertiary/aromatic N) is 2. The molecule has 0 saturated carbocycles. The zero-order chi connectivity index (χ0) is 23.8. The summed E-state index contributed by atoms with van der Waals surface area (Å²) in [7, 11) is 0. The van der Waals surface area contributed by atoms with E-state index < -0.39 is 5.54 Å². The van der Waals surface area contributed by atoms with E-state index in [0.717, 1.165) is 5.56 Å². The molecule has 1 aromatic carbocycles. The number of halogens is 1. The summed E-state index contributed by atoms with van der Waals surface area (Å²) in [5, 5.41) is 6.53. The van der Waals surface area contributed by atoms with Crippen molar-refractivity contribution in [1.29, 1.82) is 0 Å². The van der Waals surface area contributed by atoms with E-state index in [9.17, 15) is 9.59 Å². The highest BCUT2D eigenvalue weighted by atomic mass is 79.9. The number of fused-ring (bicyclic) bond motifs is 1. The lowest BCUT2D eigenvalue weighted by molar-refractivity contribution is -0.113. The maximum atomic E-state index is 12.9. The lowest BCUT2D eigenvalue weighted by atomic mass is 10.1.